The number of amides is 1. The SMILES string of the molecule is Cc1nc(-c2ccco2)sc1CNC(=O)c1ccc(-n2cccn2)nn1. The second kappa shape index (κ2) is 6.89. The van der Waals surface area contributed by atoms with Crippen LogP contribution in [0.5, 0.6) is 0 Å². The molecule has 4 rings (SSSR count). The molecule has 0 aliphatic heterocycles. The highest BCUT2D eigenvalue weighted by atomic mass is 32.1. The Morgan fingerprint density at radius 3 is 2.88 bits per heavy atom. The monoisotopic (exact) mass is 366 g/mol. The van der Waals surface area contributed by atoms with Gasteiger partial charge < -0.3 is 9.73 Å². The topological polar surface area (TPSA) is 98.7 Å². The highest BCUT2D eigenvalue weighted by Crippen LogP contribution is 2.28. The van der Waals surface area contributed by atoms with Crippen LogP contribution in [0, 0.1) is 6.92 Å². The van der Waals surface area contributed by atoms with Gasteiger partial charge in [-0.05, 0) is 37.3 Å². The van der Waals surface area contributed by atoms with E-state index in [2.05, 4.69) is 25.6 Å². The van der Waals surface area contributed by atoms with Crippen molar-refractivity contribution in [2.75, 3.05) is 0 Å². The molecule has 0 saturated heterocycles. The lowest BCUT2D eigenvalue weighted by Gasteiger charge is -2.04. The third-order valence-electron chi connectivity index (χ3n) is 3.66. The van der Waals surface area contributed by atoms with E-state index in [4.69, 9.17) is 4.42 Å². The minimum atomic E-state index is -0.295. The van der Waals surface area contributed by atoms with E-state index in [9.17, 15) is 4.79 Å². The maximum atomic E-state index is 12.3. The molecule has 0 aliphatic carbocycles. The van der Waals surface area contributed by atoms with Gasteiger partial charge in [-0.25, -0.2) is 9.67 Å². The van der Waals surface area contributed by atoms with Crippen LogP contribution in [0.4, 0.5) is 0 Å². The van der Waals surface area contributed by atoms with Crippen molar-refractivity contribution >= 4 is 17.2 Å². The van der Waals surface area contributed by atoms with E-state index in [1.807, 2.05) is 19.1 Å². The van der Waals surface area contributed by atoms with Gasteiger partial charge in [-0.3, -0.25) is 4.79 Å². The van der Waals surface area contributed by atoms with Crippen LogP contribution in [0.2, 0.25) is 0 Å². The average molecular weight is 366 g/mol. The van der Waals surface area contributed by atoms with Crippen molar-refractivity contribution in [3.8, 4) is 16.6 Å². The molecule has 1 N–H and O–H groups in total. The normalized spacial score (nSPS) is 10.8. The molecule has 26 heavy (non-hydrogen) atoms. The molecule has 0 spiro atoms. The first-order valence-corrected chi connectivity index (χ1v) is 8.64. The van der Waals surface area contributed by atoms with Gasteiger partial charge in [0.05, 0.1) is 18.5 Å². The fourth-order valence-electron chi connectivity index (χ4n) is 2.32. The van der Waals surface area contributed by atoms with Crippen molar-refractivity contribution < 1.29 is 9.21 Å². The van der Waals surface area contributed by atoms with Crippen LogP contribution in [0.1, 0.15) is 21.1 Å². The molecule has 0 bridgehead atoms. The van der Waals surface area contributed by atoms with Crippen LogP contribution < -0.4 is 5.32 Å². The van der Waals surface area contributed by atoms with Crippen molar-refractivity contribution in [2.45, 2.75) is 13.5 Å². The van der Waals surface area contributed by atoms with Crippen LogP contribution >= 0.6 is 11.3 Å². The van der Waals surface area contributed by atoms with Gasteiger partial charge in [-0.1, -0.05) is 0 Å². The van der Waals surface area contributed by atoms with Gasteiger partial charge in [0.1, 0.15) is 0 Å². The Kier molecular flexibility index (Phi) is 4.28. The van der Waals surface area contributed by atoms with Crippen LogP contribution in [0.3, 0.4) is 0 Å². The van der Waals surface area contributed by atoms with Crippen molar-refractivity contribution in [2.24, 2.45) is 0 Å². The highest BCUT2D eigenvalue weighted by Gasteiger charge is 2.14. The van der Waals surface area contributed by atoms with Gasteiger partial charge in [-0.2, -0.15) is 5.10 Å². The lowest BCUT2D eigenvalue weighted by atomic mass is 10.3. The molecule has 9 heteroatoms. The zero-order chi connectivity index (χ0) is 17.9. The molecule has 0 radical (unpaired) electrons. The van der Waals surface area contributed by atoms with Crippen molar-refractivity contribution in [1.82, 2.24) is 30.3 Å². The maximum absolute atomic E-state index is 12.3. The minimum Gasteiger partial charge on any atom is -0.462 e. The molecule has 0 aliphatic rings. The van der Waals surface area contributed by atoms with Gasteiger partial charge in [0.15, 0.2) is 22.3 Å². The summed E-state index contributed by atoms with van der Waals surface area (Å²) in [6.45, 7) is 2.27. The summed E-state index contributed by atoms with van der Waals surface area (Å²) >= 11 is 1.49. The number of hydrogen-bond donors (Lipinski definition) is 1. The average Bonchev–Trinajstić information content (AvgIpc) is 3.41. The number of carbonyl (C=O) groups is 1. The molecule has 4 aromatic heterocycles. The zero-order valence-corrected chi connectivity index (χ0v) is 14.6. The van der Waals surface area contributed by atoms with E-state index in [1.54, 1.807) is 41.5 Å². The number of aryl methyl sites for hydroxylation is 1. The van der Waals surface area contributed by atoms with Crippen molar-refractivity contribution in [3.05, 3.63) is 65.3 Å². The number of hydrogen-bond acceptors (Lipinski definition) is 7. The number of thiazole rings is 1. The number of rotatable bonds is 5. The second-order valence-electron chi connectivity index (χ2n) is 5.41. The summed E-state index contributed by atoms with van der Waals surface area (Å²) in [5.74, 6) is 0.973. The Morgan fingerprint density at radius 2 is 2.19 bits per heavy atom. The molecule has 0 saturated carbocycles. The zero-order valence-electron chi connectivity index (χ0n) is 13.8. The van der Waals surface area contributed by atoms with E-state index in [-0.39, 0.29) is 11.6 Å². The summed E-state index contributed by atoms with van der Waals surface area (Å²) < 4.78 is 6.93. The van der Waals surface area contributed by atoms with Gasteiger partial charge in [0, 0.05) is 17.3 Å². The first kappa shape index (κ1) is 16.2. The molecule has 0 atom stereocenters. The number of nitrogens with one attached hydrogen (secondary N) is 1. The Morgan fingerprint density at radius 1 is 1.27 bits per heavy atom. The lowest BCUT2D eigenvalue weighted by Crippen LogP contribution is -2.24. The standard InChI is InChI=1S/C17H14N6O2S/c1-11-14(26-17(20-11)13-4-2-9-25-13)10-18-16(24)12-5-6-15(22-21-12)23-8-3-7-19-23/h2-9H,10H2,1H3,(H,18,24). The largest absolute Gasteiger partial charge is 0.462 e. The summed E-state index contributed by atoms with van der Waals surface area (Å²) in [5.41, 5.74) is 1.11. The van der Waals surface area contributed by atoms with Gasteiger partial charge in [-0.15, -0.1) is 21.5 Å². The quantitative estimate of drug-likeness (QED) is 0.583. The molecule has 1 amide bonds. The smallest absolute Gasteiger partial charge is 0.272 e. The first-order chi connectivity index (χ1) is 12.7. The van der Waals surface area contributed by atoms with E-state index >= 15 is 0 Å². The van der Waals surface area contributed by atoms with Gasteiger partial charge >= 0.3 is 0 Å². The molecule has 0 fully saturated rings. The van der Waals surface area contributed by atoms with Gasteiger partial charge in [0.25, 0.3) is 5.91 Å². The molecule has 130 valence electrons. The fraction of sp³-hybridized carbons (Fsp3) is 0.118. The molecule has 0 aromatic carbocycles. The fourth-order valence-corrected chi connectivity index (χ4v) is 3.29. The third kappa shape index (κ3) is 3.24. The molecule has 0 unspecified atom stereocenters. The summed E-state index contributed by atoms with van der Waals surface area (Å²) in [4.78, 5) is 17.7. The lowest BCUT2D eigenvalue weighted by molar-refractivity contribution is 0.0945. The van der Waals surface area contributed by atoms with Crippen LogP contribution in [-0.2, 0) is 6.54 Å². The van der Waals surface area contributed by atoms with Crippen molar-refractivity contribution in [3.63, 3.8) is 0 Å². The van der Waals surface area contributed by atoms with E-state index in [0.717, 1.165) is 21.3 Å². The van der Waals surface area contributed by atoms with Crippen molar-refractivity contribution in [1.29, 1.82) is 0 Å². The Bertz CT molecular complexity index is 1010. The van der Waals surface area contributed by atoms with E-state index < -0.39 is 0 Å². The van der Waals surface area contributed by atoms with Crippen LogP contribution in [0.15, 0.2) is 53.4 Å². The van der Waals surface area contributed by atoms with Gasteiger partial charge in [0.2, 0.25) is 0 Å². The summed E-state index contributed by atoms with van der Waals surface area (Å²) in [5, 5.41) is 15.7. The molecule has 4 heterocycles. The van der Waals surface area contributed by atoms with E-state index in [1.165, 1.54) is 11.3 Å². The predicted octanol–water partition coefficient (Wildman–Crippen LogP) is 2.62. The molecule has 8 nitrogen and oxygen atoms in total. The Balaban J connectivity index is 1.42. The second-order valence-corrected chi connectivity index (χ2v) is 6.50. The first-order valence-electron chi connectivity index (χ1n) is 7.83. The summed E-state index contributed by atoms with van der Waals surface area (Å²) in [6.07, 6.45) is 5.02. The molecular weight excluding hydrogens is 352 g/mol. The highest BCUT2D eigenvalue weighted by molar-refractivity contribution is 7.15. The third-order valence-corrected chi connectivity index (χ3v) is 4.83. The maximum Gasteiger partial charge on any atom is 0.272 e. The van der Waals surface area contributed by atoms with E-state index in [0.29, 0.717) is 12.4 Å². The number of furan rings is 1. The summed E-state index contributed by atoms with van der Waals surface area (Å²) in [6, 6.07) is 8.78. The van der Waals surface area contributed by atoms with Crippen LogP contribution in [0.25, 0.3) is 16.6 Å². The van der Waals surface area contributed by atoms with Crippen LogP contribution in [-0.4, -0.2) is 30.9 Å². The molecular formula is C17H14N6O2S. The number of aromatic nitrogens is 5. The Hall–Kier alpha value is -3.33. The Labute approximate surface area is 152 Å². The summed E-state index contributed by atoms with van der Waals surface area (Å²) in [7, 11) is 0. The predicted molar refractivity (Wildman–Crippen MR) is 94.9 cm³/mol. The number of carbonyl (C=O) groups excluding carboxylic acids is 1. The molecule has 4 aromatic rings. The number of nitrogens with zero attached hydrogens (tertiary/aromatic N) is 5. The minimum absolute atomic E-state index is 0.245.